The zero-order chi connectivity index (χ0) is 13.8. The van der Waals surface area contributed by atoms with Gasteiger partial charge in [-0.15, -0.1) is 11.8 Å². The Hall–Kier alpha value is -1.86. The van der Waals surface area contributed by atoms with Crippen LogP contribution in [0.2, 0.25) is 0 Å². The summed E-state index contributed by atoms with van der Waals surface area (Å²) in [4.78, 5) is 4.43. The van der Waals surface area contributed by atoms with Crippen molar-refractivity contribution in [1.82, 2.24) is 4.98 Å². The fourth-order valence-corrected chi connectivity index (χ4v) is 2.76. The van der Waals surface area contributed by atoms with Crippen molar-refractivity contribution >= 4 is 11.8 Å². The lowest BCUT2D eigenvalue weighted by atomic mass is 10.1. The minimum Gasteiger partial charge on any atom is -0.247 e. The van der Waals surface area contributed by atoms with E-state index in [0.717, 1.165) is 16.3 Å². The highest BCUT2D eigenvalue weighted by atomic mass is 32.2. The maximum absolute atomic E-state index is 13.2. The van der Waals surface area contributed by atoms with E-state index >= 15 is 0 Å². The molecular weight excluding hydrogens is 259 g/mol. The molecule has 0 radical (unpaired) electrons. The number of aryl methyl sites for hydroxylation is 2. The van der Waals surface area contributed by atoms with Crippen LogP contribution in [-0.4, -0.2) is 4.98 Å². The molecule has 0 N–H and O–H groups in total. The number of rotatable bonds is 3. The third-order valence-electron chi connectivity index (χ3n) is 2.61. The van der Waals surface area contributed by atoms with Crippen molar-refractivity contribution in [3.8, 4) is 6.07 Å². The Morgan fingerprint density at radius 1 is 1.26 bits per heavy atom. The lowest BCUT2D eigenvalue weighted by molar-refractivity contribution is 0.623. The van der Waals surface area contributed by atoms with Crippen LogP contribution in [0.4, 0.5) is 4.39 Å². The van der Waals surface area contributed by atoms with Gasteiger partial charge in [0.25, 0.3) is 0 Å². The molecule has 1 heterocycles. The van der Waals surface area contributed by atoms with Crippen LogP contribution in [0.3, 0.4) is 0 Å². The molecule has 19 heavy (non-hydrogen) atoms. The second-order valence-electron chi connectivity index (χ2n) is 4.34. The summed E-state index contributed by atoms with van der Waals surface area (Å²) in [5.41, 5.74) is 3.17. The molecule has 0 saturated carbocycles. The van der Waals surface area contributed by atoms with E-state index < -0.39 is 5.82 Å². The van der Waals surface area contributed by atoms with Gasteiger partial charge in [0.2, 0.25) is 0 Å². The van der Waals surface area contributed by atoms with E-state index in [0.29, 0.717) is 5.75 Å². The summed E-state index contributed by atoms with van der Waals surface area (Å²) in [5, 5.41) is 9.74. The first kappa shape index (κ1) is 13.6. The van der Waals surface area contributed by atoms with Crippen LogP contribution in [0.1, 0.15) is 22.4 Å². The van der Waals surface area contributed by atoms with Crippen LogP contribution < -0.4 is 0 Å². The molecule has 4 heteroatoms. The number of aromatic nitrogens is 1. The number of pyridine rings is 1. The minimum atomic E-state index is -0.472. The molecule has 96 valence electrons. The van der Waals surface area contributed by atoms with Gasteiger partial charge in [0.15, 0.2) is 0 Å². The molecule has 0 unspecified atom stereocenters. The fraction of sp³-hybridized carbons (Fsp3) is 0.200. The van der Waals surface area contributed by atoms with Gasteiger partial charge in [-0.2, -0.15) is 5.26 Å². The average molecular weight is 272 g/mol. The Bertz CT molecular complexity index is 627. The van der Waals surface area contributed by atoms with Gasteiger partial charge in [-0.25, -0.2) is 9.37 Å². The monoisotopic (exact) mass is 272 g/mol. The molecule has 0 fully saturated rings. The highest BCUT2D eigenvalue weighted by Crippen LogP contribution is 2.23. The molecule has 2 rings (SSSR count). The van der Waals surface area contributed by atoms with Crippen molar-refractivity contribution in [3.63, 3.8) is 0 Å². The Labute approximate surface area is 116 Å². The van der Waals surface area contributed by atoms with Gasteiger partial charge in [0.05, 0.1) is 10.6 Å². The largest absolute Gasteiger partial charge is 0.247 e. The number of thioether (sulfide) groups is 1. The van der Waals surface area contributed by atoms with Crippen LogP contribution in [-0.2, 0) is 5.75 Å². The van der Waals surface area contributed by atoms with Gasteiger partial charge in [-0.3, -0.25) is 0 Å². The summed E-state index contributed by atoms with van der Waals surface area (Å²) in [6.07, 6.45) is 0. The Morgan fingerprint density at radius 3 is 2.74 bits per heavy atom. The number of halogens is 1. The number of hydrogen-bond donors (Lipinski definition) is 0. The summed E-state index contributed by atoms with van der Waals surface area (Å²) in [6.45, 7) is 3.99. The number of nitrogens with zero attached hydrogens (tertiary/aromatic N) is 2. The molecule has 1 aromatic heterocycles. The van der Waals surface area contributed by atoms with Gasteiger partial charge in [-0.1, -0.05) is 6.07 Å². The van der Waals surface area contributed by atoms with E-state index in [1.165, 1.54) is 11.6 Å². The Morgan fingerprint density at radius 2 is 2.05 bits per heavy atom. The highest BCUT2D eigenvalue weighted by Gasteiger charge is 2.04. The number of hydrogen-bond acceptors (Lipinski definition) is 3. The lowest BCUT2D eigenvalue weighted by Crippen LogP contribution is -1.90. The molecule has 0 aliphatic heterocycles. The van der Waals surface area contributed by atoms with Crippen LogP contribution in [0.25, 0.3) is 0 Å². The first-order valence-electron chi connectivity index (χ1n) is 5.85. The predicted octanol–water partition coefficient (Wildman–Crippen LogP) is 4.00. The van der Waals surface area contributed by atoms with Crippen molar-refractivity contribution in [3.05, 3.63) is 58.5 Å². The second-order valence-corrected chi connectivity index (χ2v) is 5.33. The van der Waals surface area contributed by atoms with Crippen LogP contribution in [0.5, 0.6) is 0 Å². The third kappa shape index (κ3) is 3.55. The molecule has 1 aromatic carbocycles. The maximum atomic E-state index is 13.2. The summed E-state index contributed by atoms with van der Waals surface area (Å²) in [5.74, 6) is 0.200. The summed E-state index contributed by atoms with van der Waals surface area (Å²) < 4.78 is 13.2. The van der Waals surface area contributed by atoms with E-state index in [1.807, 2.05) is 32.0 Å². The first-order valence-corrected chi connectivity index (χ1v) is 6.83. The van der Waals surface area contributed by atoms with E-state index in [4.69, 9.17) is 5.26 Å². The van der Waals surface area contributed by atoms with Crippen LogP contribution in [0.15, 0.2) is 35.4 Å². The van der Waals surface area contributed by atoms with Gasteiger partial charge in [0, 0.05) is 11.4 Å². The van der Waals surface area contributed by atoms with Crippen molar-refractivity contribution in [1.29, 1.82) is 5.26 Å². The van der Waals surface area contributed by atoms with Crippen molar-refractivity contribution in [2.24, 2.45) is 0 Å². The topological polar surface area (TPSA) is 36.7 Å². The fourth-order valence-electron chi connectivity index (χ4n) is 1.78. The highest BCUT2D eigenvalue weighted by molar-refractivity contribution is 7.98. The van der Waals surface area contributed by atoms with Crippen LogP contribution in [0, 0.1) is 31.0 Å². The Balaban J connectivity index is 2.12. The maximum Gasteiger partial charge on any atom is 0.140 e. The lowest BCUT2D eigenvalue weighted by Gasteiger charge is -2.05. The predicted molar refractivity (Wildman–Crippen MR) is 74.4 cm³/mol. The smallest absolute Gasteiger partial charge is 0.140 e. The summed E-state index contributed by atoms with van der Waals surface area (Å²) in [6, 6.07) is 10.5. The van der Waals surface area contributed by atoms with E-state index in [-0.39, 0.29) is 5.56 Å². The quantitative estimate of drug-likeness (QED) is 0.792. The molecule has 0 aliphatic rings. The number of benzene rings is 1. The molecule has 0 saturated heterocycles. The molecule has 2 aromatic rings. The minimum absolute atomic E-state index is 0.0893. The normalized spacial score (nSPS) is 10.2. The Kier molecular flexibility index (Phi) is 4.18. The molecule has 2 nitrogen and oxygen atoms in total. The van der Waals surface area contributed by atoms with E-state index in [2.05, 4.69) is 4.98 Å². The van der Waals surface area contributed by atoms with E-state index in [9.17, 15) is 4.39 Å². The van der Waals surface area contributed by atoms with Gasteiger partial charge in [0.1, 0.15) is 11.9 Å². The summed E-state index contributed by atoms with van der Waals surface area (Å²) in [7, 11) is 0. The second kappa shape index (κ2) is 5.85. The van der Waals surface area contributed by atoms with Crippen molar-refractivity contribution in [2.75, 3.05) is 0 Å². The van der Waals surface area contributed by atoms with E-state index in [1.54, 1.807) is 23.9 Å². The van der Waals surface area contributed by atoms with Crippen LogP contribution >= 0.6 is 11.8 Å². The first-order chi connectivity index (χ1) is 9.08. The average Bonchev–Trinajstić information content (AvgIpc) is 2.36. The zero-order valence-electron chi connectivity index (χ0n) is 10.8. The summed E-state index contributed by atoms with van der Waals surface area (Å²) >= 11 is 1.58. The molecule has 0 spiro atoms. The third-order valence-corrected chi connectivity index (χ3v) is 3.59. The van der Waals surface area contributed by atoms with Gasteiger partial charge >= 0.3 is 0 Å². The molecule has 0 bridgehead atoms. The molecule has 0 amide bonds. The molecular formula is C15H13FN2S. The standard InChI is InChI=1S/C15H13FN2S/c1-10-5-11(2)18-15(6-10)19-9-12-3-4-14(16)13(7-12)8-17/h3-7H,9H2,1-2H3. The van der Waals surface area contributed by atoms with Crippen molar-refractivity contribution in [2.45, 2.75) is 24.6 Å². The molecule has 0 aliphatic carbocycles. The van der Waals surface area contributed by atoms with Gasteiger partial charge < -0.3 is 0 Å². The van der Waals surface area contributed by atoms with Gasteiger partial charge in [-0.05, 0) is 49.2 Å². The van der Waals surface area contributed by atoms with Crippen molar-refractivity contribution < 1.29 is 4.39 Å². The molecule has 0 atom stereocenters. The SMILES string of the molecule is Cc1cc(C)nc(SCc2ccc(F)c(C#N)c2)c1. The zero-order valence-corrected chi connectivity index (χ0v) is 11.6. The number of nitriles is 1.